The van der Waals surface area contributed by atoms with Crippen molar-refractivity contribution in [2.24, 2.45) is 0 Å². The van der Waals surface area contributed by atoms with E-state index in [1.165, 1.54) is 11.3 Å². The second-order valence-corrected chi connectivity index (χ2v) is 6.50. The third kappa shape index (κ3) is 2.80. The van der Waals surface area contributed by atoms with Crippen molar-refractivity contribution < 1.29 is 23.1 Å². The second-order valence-electron chi connectivity index (χ2n) is 5.30. The number of fused-ring (bicyclic) bond motifs is 1. The summed E-state index contributed by atoms with van der Waals surface area (Å²) < 4.78 is 40.8. The van der Waals surface area contributed by atoms with Crippen molar-refractivity contribution in [2.75, 3.05) is 5.32 Å². The minimum atomic E-state index is -4.50. The van der Waals surface area contributed by atoms with E-state index in [1.54, 1.807) is 6.07 Å². The maximum absolute atomic E-state index is 13.4. The lowest BCUT2D eigenvalue weighted by molar-refractivity contribution is -0.173. The van der Waals surface area contributed by atoms with Crippen LogP contribution in [-0.2, 0) is 6.42 Å². The van der Waals surface area contributed by atoms with Crippen molar-refractivity contribution in [3.05, 3.63) is 33.6 Å². The lowest BCUT2D eigenvalue weighted by Gasteiger charge is -2.33. The molecular weight excluding hydrogens is 331 g/mol. The molecule has 0 aliphatic carbocycles. The number of thiophene rings is 1. The molecule has 0 unspecified atom stereocenters. The summed E-state index contributed by atoms with van der Waals surface area (Å²) in [5, 5.41) is 15.7. The van der Waals surface area contributed by atoms with E-state index in [0.717, 1.165) is 27.1 Å². The van der Waals surface area contributed by atoms with Crippen molar-refractivity contribution in [1.29, 1.82) is 0 Å². The number of aromatic carboxylic acids is 1. The molecule has 2 N–H and O–H groups in total. The first-order chi connectivity index (χ1) is 10.8. The Labute approximate surface area is 133 Å². The molecule has 9 heteroatoms. The minimum absolute atomic E-state index is 0.0949. The number of hydrogen-bond donors (Lipinski definition) is 2. The Morgan fingerprint density at radius 3 is 2.83 bits per heavy atom. The normalized spacial score (nSPS) is 20.9. The Bertz CT molecular complexity index is 738. The fourth-order valence-corrected chi connectivity index (χ4v) is 3.69. The van der Waals surface area contributed by atoms with Crippen LogP contribution in [0.2, 0.25) is 0 Å². The molecule has 0 fully saturated rings. The zero-order valence-electron chi connectivity index (χ0n) is 12.1. The summed E-state index contributed by atoms with van der Waals surface area (Å²) in [6, 6.07) is 1.24. The van der Waals surface area contributed by atoms with E-state index in [2.05, 4.69) is 10.4 Å². The van der Waals surface area contributed by atoms with Crippen molar-refractivity contribution in [3.8, 4) is 0 Å². The average Bonchev–Trinajstić information content (AvgIpc) is 3.11. The van der Waals surface area contributed by atoms with E-state index >= 15 is 0 Å². The Kier molecular flexibility index (Phi) is 3.83. The van der Waals surface area contributed by atoms with Crippen molar-refractivity contribution >= 4 is 23.1 Å². The maximum Gasteiger partial charge on any atom is 0.410 e. The van der Waals surface area contributed by atoms with Crippen LogP contribution in [0.5, 0.6) is 0 Å². The smallest absolute Gasteiger partial charge is 0.410 e. The highest BCUT2D eigenvalue weighted by atomic mass is 32.1. The predicted octanol–water partition coefficient (Wildman–Crippen LogP) is 3.87. The van der Waals surface area contributed by atoms with Gasteiger partial charge in [-0.2, -0.15) is 18.3 Å². The van der Waals surface area contributed by atoms with Gasteiger partial charge < -0.3 is 10.4 Å². The van der Waals surface area contributed by atoms with Gasteiger partial charge in [0.25, 0.3) is 0 Å². The molecule has 0 saturated heterocycles. The molecule has 3 heterocycles. The summed E-state index contributed by atoms with van der Waals surface area (Å²) in [5.74, 6) is -1.40. The van der Waals surface area contributed by atoms with Gasteiger partial charge in [0.15, 0.2) is 6.04 Å². The Hall–Kier alpha value is -2.03. The SMILES string of the molecule is CCc1ccc([C@H]2C[C@@H](C(F)(F)F)n3ncc(C(=O)O)c3N2)s1. The zero-order chi connectivity index (χ0) is 16.8. The van der Waals surface area contributed by atoms with Gasteiger partial charge in [0.2, 0.25) is 0 Å². The largest absolute Gasteiger partial charge is 0.477 e. The van der Waals surface area contributed by atoms with Crippen molar-refractivity contribution in [1.82, 2.24) is 9.78 Å². The molecule has 0 amide bonds. The first-order valence-electron chi connectivity index (χ1n) is 7.04. The number of rotatable bonds is 3. The molecular formula is C14H14F3N3O2S. The van der Waals surface area contributed by atoms with Gasteiger partial charge in [-0.05, 0) is 18.6 Å². The number of carbonyl (C=O) groups is 1. The van der Waals surface area contributed by atoms with Crippen LogP contribution in [-0.4, -0.2) is 27.0 Å². The molecule has 5 nitrogen and oxygen atoms in total. The molecule has 1 aliphatic rings. The van der Waals surface area contributed by atoms with E-state index in [-0.39, 0.29) is 17.8 Å². The van der Waals surface area contributed by atoms with Gasteiger partial charge in [0.05, 0.1) is 12.2 Å². The number of nitrogens with one attached hydrogen (secondary N) is 1. The Morgan fingerprint density at radius 1 is 1.52 bits per heavy atom. The maximum atomic E-state index is 13.4. The van der Waals surface area contributed by atoms with Crippen LogP contribution < -0.4 is 5.32 Å². The van der Waals surface area contributed by atoms with Gasteiger partial charge in [-0.1, -0.05) is 6.92 Å². The molecule has 0 radical (unpaired) electrons. The van der Waals surface area contributed by atoms with E-state index in [9.17, 15) is 18.0 Å². The van der Waals surface area contributed by atoms with Gasteiger partial charge in [0, 0.05) is 16.2 Å². The van der Waals surface area contributed by atoms with Crippen molar-refractivity contribution in [2.45, 2.75) is 38.0 Å². The summed E-state index contributed by atoms with van der Waals surface area (Å²) in [5.41, 5.74) is -0.253. The van der Waals surface area contributed by atoms with Gasteiger partial charge in [-0.3, -0.25) is 0 Å². The lowest BCUT2D eigenvalue weighted by Crippen LogP contribution is -2.35. The Morgan fingerprint density at radius 2 is 2.26 bits per heavy atom. The second kappa shape index (κ2) is 5.55. The Balaban J connectivity index is 2.03. The van der Waals surface area contributed by atoms with Gasteiger partial charge in [0.1, 0.15) is 11.4 Å². The van der Waals surface area contributed by atoms with E-state index < -0.39 is 24.2 Å². The van der Waals surface area contributed by atoms with Gasteiger partial charge in [-0.15, -0.1) is 11.3 Å². The number of halogens is 3. The standard InChI is InChI=1S/C14H14F3N3O2S/c1-2-7-3-4-10(23-7)9-5-11(14(15,16)17)20-12(19-9)8(6-18-20)13(21)22/h3-4,6,9,11,19H,2,5H2,1H3,(H,21,22)/t9-,11+/m1/s1. The van der Waals surface area contributed by atoms with Crippen LogP contribution in [0.15, 0.2) is 18.3 Å². The number of anilines is 1. The number of carboxylic acid groups (broad SMARTS) is 1. The van der Waals surface area contributed by atoms with Gasteiger partial charge >= 0.3 is 12.1 Å². The first kappa shape index (κ1) is 15.9. The van der Waals surface area contributed by atoms with Crippen LogP contribution in [0, 0.1) is 0 Å². The quantitative estimate of drug-likeness (QED) is 0.886. The van der Waals surface area contributed by atoms with Crippen LogP contribution in [0.25, 0.3) is 0 Å². The third-order valence-electron chi connectivity index (χ3n) is 3.84. The summed E-state index contributed by atoms with van der Waals surface area (Å²) in [6.45, 7) is 1.97. The van der Waals surface area contributed by atoms with E-state index in [0.29, 0.717) is 0 Å². The summed E-state index contributed by atoms with van der Waals surface area (Å²) in [4.78, 5) is 13.0. The highest BCUT2D eigenvalue weighted by molar-refractivity contribution is 7.12. The molecule has 124 valence electrons. The fourth-order valence-electron chi connectivity index (χ4n) is 2.68. The van der Waals surface area contributed by atoms with Crippen LogP contribution in [0.4, 0.5) is 19.0 Å². The predicted molar refractivity (Wildman–Crippen MR) is 79.0 cm³/mol. The molecule has 0 saturated carbocycles. The molecule has 1 aliphatic heterocycles. The average molecular weight is 345 g/mol. The zero-order valence-corrected chi connectivity index (χ0v) is 12.9. The molecule has 2 atom stereocenters. The lowest BCUT2D eigenvalue weighted by atomic mass is 10.0. The van der Waals surface area contributed by atoms with E-state index in [4.69, 9.17) is 5.11 Å². The monoisotopic (exact) mass is 345 g/mol. The first-order valence-corrected chi connectivity index (χ1v) is 7.85. The van der Waals surface area contributed by atoms with Crippen molar-refractivity contribution in [3.63, 3.8) is 0 Å². The molecule has 3 rings (SSSR count). The fraction of sp³-hybridized carbons (Fsp3) is 0.429. The highest BCUT2D eigenvalue weighted by Gasteiger charge is 2.47. The number of aromatic nitrogens is 2. The molecule has 0 bridgehead atoms. The van der Waals surface area contributed by atoms with Crippen LogP contribution in [0.1, 0.15) is 45.5 Å². The third-order valence-corrected chi connectivity index (χ3v) is 5.19. The topological polar surface area (TPSA) is 67.2 Å². The number of alkyl halides is 3. The number of aryl methyl sites for hydroxylation is 1. The molecule has 2 aromatic heterocycles. The van der Waals surface area contributed by atoms with Crippen LogP contribution in [0.3, 0.4) is 0 Å². The van der Waals surface area contributed by atoms with E-state index in [1.807, 2.05) is 13.0 Å². The van der Waals surface area contributed by atoms with Gasteiger partial charge in [-0.25, -0.2) is 9.48 Å². The molecule has 0 aromatic carbocycles. The molecule has 0 spiro atoms. The molecule has 2 aromatic rings. The summed E-state index contributed by atoms with van der Waals surface area (Å²) in [7, 11) is 0. The number of hydrogen-bond acceptors (Lipinski definition) is 4. The summed E-state index contributed by atoms with van der Waals surface area (Å²) in [6.07, 6.45) is -2.96. The van der Waals surface area contributed by atoms with Crippen LogP contribution >= 0.6 is 11.3 Å². The highest BCUT2D eigenvalue weighted by Crippen LogP contribution is 2.45. The number of nitrogens with zero attached hydrogens (tertiary/aromatic N) is 2. The summed E-state index contributed by atoms with van der Waals surface area (Å²) >= 11 is 1.44. The molecule has 23 heavy (non-hydrogen) atoms. The number of carboxylic acids is 1. The minimum Gasteiger partial charge on any atom is -0.477 e.